The van der Waals surface area contributed by atoms with Crippen molar-refractivity contribution in [3.05, 3.63) is 40.4 Å². The molecule has 0 aliphatic rings. The van der Waals surface area contributed by atoms with E-state index in [-0.39, 0.29) is 11.4 Å². The van der Waals surface area contributed by atoms with Crippen LogP contribution in [0.4, 0.5) is 17.1 Å². The Hall–Kier alpha value is -3.25. The number of nitrogens with zero attached hydrogens (tertiary/aromatic N) is 3. The molecule has 0 aromatic heterocycles. The van der Waals surface area contributed by atoms with Crippen LogP contribution in [0.2, 0.25) is 0 Å². The van der Waals surface area contributed by atoms with Crippen LogP contribution in [0.5, 0.6) is 17.2 Å². The molecule has 0 bridgehead atoms. The van der Waals surface area contributed by atoms with Crippen LogP contribution in [0.1, 0.15) is 0 Å². The minimum Gasteiger partial charge on any atom is -0.508 e. The Balaban J connectivity index is 2.58. The molecule has 12 heteroatoms. The van der Waals surface area contributed by atoms with E-state index in [1.165, 1.54) is 6.07 Å². The molecule has 0 atom stereocenters. The van der Waals surface area contributed by atoms with E-state index in [4.69, 9.17) is 9.66 Å². The lowest BCUT2D eigenvalue weighted by molar-refractivity contribution is -0.386. The third kappa shape index (κ3) is 3.56. The SMILES string of the molecule is O=[N+]([O-])c1cc(S(=O)(=O)O)cc(N=Nc2ccc(O)cc2O)c1O. The minimum absolute atomic E-state index is 0.160. The normalized spacial score (nSPS) is 11.7. The van der Waals surface area contributed by atoms with E-state index >= 15 is 0 Å². The first-order valence-electron chi connectivity index (χ1n) is 6.02. The van der Waals surface area contributed by atoms with Crippen LogP contribution < -0.4 is 0 Å². The topological polar surface area (TPSA) is 183 Å². The van der Waals surface area contributed by atoms with Crippen LogP contribution in [0.25, 0.3) is 0 Å². The molecule has 126 valence electrons. The average molecular weight is 355 g/mol. The zero-order valence-corrected chi connectivity index (χ0v) is 12.4. The highest BCUT2D eigenvalue weighted by Gasteiger charge is 2.24. The van der Waals surface area contributed by atoms with Crippen LogP contribution in [-0.2, 0) is 10.1 Å². The van der Waals surface area contributed by atoms with Crippen molar-refractivity contribution < 1.29 is 33.2 Å². The van der Waals surface area contributed by atoms with Crippen molar-refractivity contribution in [1.82, 2.24) is 0 Å². The Morgan fingerprint density at radius 1 is 1.00 bits per heavy atom. The largest absolute Gasteiger partial charge is 0.508 e. The van der Waals surface area contributed by atoms with E-state index in [0.717, 1.165) is 12.1 Å². The molecule has 0 heterocycles. The molecule has 0 spiro atoms. The maximum atomic E-state index is 11.1. The smallest absolute Gasteiger partial charge is 0.314 e. The predicted octanol–water partition coefficient (Wildman–Crippen LogP) is 2.37. The molecule has 0 unspecified atom stereocenters. The Kier molecular flexibility index (Phi) is 4.35. The summed E-state index contributed by atoms with van der Waals surface area (Å²) in [5, 5.41) is 46.3. The third-order valence-electron chi connectivity index (χ3n) is 2.76. The number of aromatic hydroxyl groups is 3. The number of azo groups is 1. The molecule has 11 nitrogen and oxygen atoms in total. The molecule has 0 aliphatic carbocycles. The second-order valence-electron chi connectivity index (χ2n) is 4.42. The Morgan fingerprint density at radius 2 is 1.62 bits per heavy atom. The van der Waals surface area contributed by atoms with Gasteiger partial charge in [0.05, 0.1) is 4.92 Å². The first kappa shape index (κ1) is 17.1. The molecule has 0 radical (unpaired) electrons. The summed E-state index contributed by atoms with van der Waals surface area (Å²) in [5.41, 5.74) is -1.79. The molecule has 4 N–H and O–H groups in total. The fraction of sp³-hybridized carbons (Fsp3) is 0. The predicted molar refractivity (Wildman–Crippen MR) is 78.5 cm³/mol. The van der Waals surface area contributed by atoms with Gasteiger partial charge in [0, 0.05) is 12.1 Å². The molecule has 0 saturated carbocycles. The average Bonchev–Trinajstić information content (AvgIpc) is 2.46. The maximum absolute atomic E-state index is 11.1. The summed E-state index contributed by atoms with van der Waals surface area (Å²) < 4.78 is 31.3. The summed E-state index contributed by atoms with van der Waals surface area (Å²) in [6, 6.07) is 4.41. The fourth-order valence-corrected chi connectivity index (χ4v) is 2.17. The van der Waals surface area contributed by atoms with Crippen molar-refractivity contribution in [2.75, 3.05) is 0 Å². The number of phenols is 3. The van der Waals surface area contributed by atoms with E-state index in [1.807, 2.05) is 0 Å². The quantitative estimate of drug-likeness (QED) is 0.279. The van der Waals surface area contributed by atoms with Gasteiger partial charge in [-0.1, -0.05) is 0 Å². The lowest BCUT2D eigenvalue weighted by Crippen LogP contribution is -1.99. The molecule has 0 amide bonds. The van der Waals surface area contributed by atoms with E-state index < -0.39 is 42.8 Å². The molecule has 0 saturated heterocycles. The molecule has 2 rings (SSSR count). The Bertz CT molecular complexity index is 955. The molecule has 0 fully saturated rings. The molecule has 0 aliphatic heterocycles. The number of hydrogen-bond donors (Lipinski definition) is 4. The third-order valence-corrected chi connectivity index (χ3v) is 3.59. The van der Waals surface area contributed by atoms with Gasteiger partial charge >= 0.3 is 5.69 Å². The van der Waals surface area contributed by atoms with Crippen molar-refractivity contribution >= 4 is 27.2 Å². The van der Waals surface area contributed by atoms with Crippen LogP contribution in [-0.4, -0.2) is 33.2 Å². The van der Waals surface area contributed by atoms with Crippen LogP contribution in [0.3, 0.4) is 0 Å². The fourth-order valence-electron chi connectivity index (χ4n) is 1.65. The highest BCUT2D eigenvalue weighted by molar-refractivity contribution is 7.85. The van der Waals surface area contributed by atoms with Crippen molar-refractivity contribution in [3.8, 4) is 17.2 Å². The monoisotopic (exact) mass is 355 g/mol. The van der Waals surface area contributed by atoms with E-state index in [0.29, 0.717) is 12.1 Å². The van der Waals surface area contributed by atoms with Gasteiger partial charge < -0.3 is 15.3 Å². The molecule has 2 aromatic carbocycles. The van der Waals surface area contributed by atoms with Gasteiger partial charge in [0.15, 0.2) is 0 Å². The Morgan fingerprint density at radius 3 is 2.17 bits per heavy atom. The molecule has 2 aromatic rings. The number of rotatable bonds is 4. The van der Waals surface area contributed by atoms with Crippen LogP contribution in [0.15, 0.2) is 45.5 Å². The van der Waals surface area contributed by atoms with E-state index in [2.05, 4.69) is 10.2 Å². The second-order valence-corrected chi connectivity index (χ2v) is 5.84. The highest BCUT2D eigenvalue weighted by Crippen LogP contribution is 2.40. The van der Waals surface area contributed by atoms with Crippen molar-refractivity contribution in [1.29, 1.82) is 0 Å². The number of benzene rings is 2. The van der Waals surface area contributed by atoms with Crippen molar-refractivity contribution in [3.63, 3.8) is 0 Å². The first-order valence-corrected chi connectivity index (χ1v) is 7.46. The molecule has 24 heavy (non-hydrogen) atoms. The van der Waals surface area contributed by atoms with Gasteiger partial charge in [0.1, 0.15) is 27.8 Å². The zero-order chi connectivity index (χ0) is 18.1. The van der Waals surface area contributed by atoms with Gasteiger partial charge in [-0.05, 0) is 18.2 Å². The molecular weight excluding hydrogens is 346 g/mol. The lowest BCUT2D eigenvalue weighted by atomic mass is 10.2. The summed E-state index contributed by atoms with van der Waals surface area (Å²) in [6.07, 6.45) is 0. The number of hydrogen-bond acceptors (Lipinski definition) is 9. The summed E-state index contributed by atoms with van der Waals surface area (Å²) in [5.74, 6) is -1.70. The first-order chi connectivity index (χ1) is 11.1. The standard InChI is InChI=1S/C12H9N3O8S/c16-6-1-2-8(11(17)3-6)13-14-9-4-7(24(21,22)23)5-10(12(9)18)15(19)20/h1-5,16-18H,(H,21,22,23). The number of nitro benzene ring substituents is 1. The van der Waals surface area contributed by atoms with Crippen molar-refractivity contribution in [2.24, 2.45) is 10.2 Å². The van der Waals surface area contributed by atoms with Gasteiger partial charge in [-0.15, -0.1) is 10.2 Å². The van der Waals surface area contributed by atoms with Crippen molar-refractivity contribution in [2.45, 2.75) is 4.90 Å². The lowest BCUT2D eigenvalue weighted by Gasteiger charge is -2.03. The van der Waals surface area contributed by atoms with Crippen LogP contribution >= 0.6 is 0 Å². The highest BCUT2D eigenvalue weighted by atomic mass is 32.2. The van der Waals surface area contributed by atoms with Gasteiger partial charge in [-0.3, -0.25) is 14.7 Å². The second kappa shape index (κ2) is 6.10. The summed E-state index contributed by atoms with van der Waals surface area (Å²) in [6.45, 7) is 0. The van der Waals surface area contributed by atoms with Gasteiger partial charge in [0.2, 0.25) is 5.75 Å². The zero-order valence-electron chi connectivity index (χ0n) is 11.6. The Labute approximate surface area is 134 Å². The van der Waals surface area contributed by atoms with Gasteiger partial charge in [-0.25, -0.2) is 0 Å². The molecular formula is C12H9N3O8S. The number of phenolic OH excluding ortho intramolecular Hbond substituents is 3. The maximum Gasteiger partial charge on any atom is 0.314 e. The summed E-state index contributed by atoms with van der Waals surface area (Å²) in [4.78, 5) is 8.91. The number of nitro groups is 1. The minimum atomic E-state index is -4.79. The van der Waals surface area contributed by atoms with Gasteiger partial charge in [-0.2, -0.15) is 8.42 Å². The summed E-state index contributed by atoms with van der Waals surface area (Å²) >= 11 is 0. The van der Waals surface area contributed by atoms with E-state index in [9.17, 15) is 28.7 Å². The summed E-state index contributed by atoms with van der Waals surface area (Å²) in [7, 11) is -4.79. The van der Waals surface area contributed by atoms with Crippen LogP contribution in [0, 0.1) is 10.1 Å². The van der Waals surface area contributed by atoms with E-state index in [1.54, 1.807) is 0 Å². The van der Waals surface area contributed by atoms with Gasteiger partial charge in [0.25, 0.3) is 10.1 Å².